The normalized spacial score (nSPS) is 15.7. The second kappa shape index (κ2) is 6.15. The van der Waals surface area contributed by atoms with Crippen LogP contribution in [-0.4, -0.2) is 5.75 Å². The van der Waals surface area contributed by atoms with E-state index in [0.29, 0.717) is 0 Å². The Balaban J connectivity index is 1.75. The van der Waals surface area contributed by atoms with Gasteiger partial charge in [-0.2, -0.15) is 0 Å². The standard InChI is InChI=1S/C15H20OS/c1-12-8-9-15(16-12)13(2)17-11-10-14-6-4-3-5-7-14/h6,8-9H,2-5,7,10-11H2,1H3. The Morgan fingerprint density at radius 3 is 2.94 bits per heavy atom. The summed E-state index contributed by atoms with van der Waals surface area (Å²) in [6, 6.07) is 4.00. The molecule has 2 heteroatoms. The van der Waals surface area contributed by atoms with E-state index >= 15 is 0 Å². The summed E-state index contributed by atoms with van der Waals surface area (Å²) in [5, 5.41) is 0. The summed E-state index contributed by atoms with van der Waals surface area (Å²) in [5.74, 6) is 2.99. The van der Waals surface area contributed by atoms with Crippen LogP contribution in [0.3, 0.4) is 0 Å². The van der Waals surface area contributed by atoms with Crippen molar-refractivity contribution in [2.24, 2.45) is 0 Å². The lowest BCUT2D eigenvalue weighted by Crippen LogP contribution is -1.93. The van der Waals surface area contributed by atoms with Crippen molar-refractivity contribution in [3.05, 3.63) is 41.9 Å². The molecular formula is C15H20OS. The average molecular weight is 248 g/mol. The largest absolute Gasteiger partial charge is 0.461 e. The SMILES string of the molecule is C=C(SCCC1=CCCCC1)c1ccc(C)o1. The van der Waals surface area contributed by atoms with Gasteiger partial charge in [0.2, 0.25) is 0 Å². The van der Waals surface area contributed by atoms with Crippen molar-refractivity contribution < 1.29 is 4.42 Å². The molecule has 1 nitrogen and oxygen atoms in total. The molecule has 1 aliphatic carbocycles. The summed E-state index contributed by atoms with van der Waals surface area (Å²) < 4.78 is 5.55. The quantitative estimate of drug-likeness (QED) is 0.666. The van der Waals surface area contributed by atoms with Crippen LogP contribution in [-0.2, 0) is 0 Å². The fourth-order valence-electron chi connectivity index (χ4n) is 2.09. The second-order valence-corrected chi connectivity index (χ2v) is 5.73. The van der Waals surface area contributed by atoms with E-state index in [1.54, 1.807) is 5.57 Å². The van der Waals surface area contributed by atoms with E-state index in [9.17, 15) is 0 Å². The van der Waals surface area contributed by atoms with Gasteiger partial charge < -0.3 is 4.42 Å². The zero-order valence-corrected chi connectivity index (χ0v) is 11.3. The molecule has 1 aliphatic rings. The van der Waals surface area contributed by atoms with Crippen molar-refractivity contribution in [1.29, 1.82) is 0 Å². The van der Waals surface area contributed by atoms with Crippen LogP contribution in [0.2, 0.25) is 0 Å². The number of aryl methyl sites for hydroxylation is 1. The van der Waals surface area contributed by atoms with Gasteiger partial charge >= 0.3 is 0 Å². The van der Waals surface area contributed by atoms with Crippen molar-refractivity contribution in [3.63, 3.8) is 0 Å². The van der Waals surface area contributed by atoms with Gasteiger partial charge in [-0.05, 0) is 51.2 Å². The molecule has 17 heavy (non-hydrogen) atoms. The number of allylic oxidation sites excluding steroid dienone is 2. The van der Waals surface area contributed by atoms with E-state index < -0.39 is 0 Å². The monoisotopic (exact) mass is 248 g/mol. The van der Waals surface area contributed by atoms with E-state index in [1.807, 2.05) is 30.8 Å². The Kier molecular flexibility index (Phi) is 4.55. The number of rotatable bonds is 5. The Morgan fingerprint density at radius 2 is 2.29 bits per heavy atom. The molecule has 0 bridgehead atoms. The topological polar surface area (TPSA) is 13.1 Å². The molecule has 0 radical (unpaired) electrons. The molecule has 0 N–H and O–H groups in total. The first-order valence-electron chi connectivity index (χ1n) is 6.32. The van der Waals surface area contributed by atoms with E-state index in [1.165, 1.54) is 32.1 Å². The second-order valence-electron chi connectivity index (χ2n) is 4.54. The van der Waals surface area contributed by atoms with Gasteiger partial charge in [0.25, 0.3) is 0 Å². The molecule has 0 aliphatic heterocycles. The lowest BCUT2D eigenvalue weighted by atomic mass is 9.98. The van der Waals surface area contributed by atoms with Gasteiger partial charge in [0.05, 0.1) is 0 Å². The fourth-order valence-corrected chi connectivity index (χ4v) is 2.96. The zero-order valence-electron chi connectivity index (χ0n) is 10.5. The summed E-state index contributed by atoms with van der Waals surface area (Å²) in [6.07, 6.45) is 8.93. The highest BCUT2D eigenvalue weighted by molar-refractivity contribution is 8.08. The molecule has 0 atom stereocenters. The molecule has 0 amide bonds. The van der Waals surface area contributed by atoms with Crippen LogP contribution in [0.5, 0.6) is 0 Å². The molecule has 2 rings (SSSR count). The zero-order chi connectivity index (χ0) is 12.1. The van der Waals surface area contributed by atoms with Crippen LogP contribution >= 0.6 is 11.8 Å². The van der Waals surface area contributed by atoms with Crippen LogP contribution in [0, 0.1) is 6.92 Å². The number of hydrogen-bond acceptors (Lipinski definition) is 2. The van der Waals surface area contributed by atoms with Gasteiger partial charge in [0.15, 0.2) is 0 Å². The van der Waals surface area contributed by atoms with Crippen molar-refractivity contribution in [2.75, 3.05) is 5.75 Å². The molecule has 0 fully saturated rings. The highest BCUT2D eigenvalue weighted by Gasteiger charge is 2.06. The first-order chi connectivity index (χ1) is 8.25. The lowest BCUT2D eigenvalue weighted by Gasteiger charge is -2.12. The Labute approximate surface area is 108 Å². The van der Waals surface area contributed by atoms with Crippen molar-refractivity contribution in [1.82, 2.24) is 0 Å². The molecule has 0 saturated carbocycles. The molecule has 0 spiro atoms. The van der Waals surface area contributed by atoms with Gasteiger partial charge in [-0.1, -0.05) is 18.2 Å². The number of hydrogen-bond donors (Lipinski definition) is 0. The van der Waals surface area contributed by atoms with Crippen molar-refractivity contribution in [2.45, 2.75) is 39.0 Å². The Hall–Kier alpha value is -0.890. The molecule has 1 aromatic heterocycles. The van der Waals surface area contributed by atoms with E-state index in [-0.39, 0.29) is 0 Å². The summed E-state index contributed by atoms with van der Waals surface area (Å²) >= 11 is 1.81. The third-order valence-corrected chi connectivity index (χ3v) is 4.06. The molecule has 0 saturated heterocycles. The molecule has 1 heterocycles. The lowest BCUT2D eigenvalue weighted by molar-refractivity contribution is 0.524. The summed E-state index contributed by atoms with van der Waals surface area (Å²) in [7, 11) is 0. The summed E-state index contributed by atoms with van der Waals surface area (Å²) in [4.78, 5) is 1.05. The average Bonchev–Trinajstić information content (AvgIpc) is 2.77. The maximum atomic E-state index is 5.55. The molecule has 92 valence electrons. The van der Waals surface area contributed by atoms with Gasteiger partial charge in [0.1, 0.15) is 11.5 Å². The first kappa shape index (κ1) is 12.6. The van der Waals surface area contributed by atoms with Crippen LogP contribution in [0.1, 0.15) is 43.6 Å². The molecule has 1 aromatic rings. The van der Waals surface area contributed by atoms with Crippen LogP contribution in [0.4, 0.5) is 0 Å². The minimum atomic E-state index is 0.921. The van der Waals surface area contributed by atoms with Gasteiger partial charge in [-0.25, -0.2) is 0 Å². The first-order valence-corrected chi connectivity index (χ1v) is 7.30. The van der Waals surface area contributed by atoms with E-state index in [4.69, 9.17) is 4.42 Å². The van der Waals surface area contributed by atoms with Gasteiger partial charge in [-0.3, -0.25) is 0 Å². The van der Waals surface area contributed by atoms with Crippen molar-refractivity contribution >= 4 is 16.7 Å². The third-order valence-electron chi connectivity index (χ3n) is 3.10. The third kappa shape index (κ3) is 3.81. The van der Waals surface area contributed by atoms with Crippen LogP contribution in [0.15, 0.2) is 34.8 Å². The van der Waals surface area contributed by atoms with E-state index in [0.717, 1.165) is 22.2 Å². The minimum absolute atomic E-state index is 0.921. The minimum Gasteiger partial charge on any atom is -0.461 e. The maximum absolute atomic E-state index is 5.55. The summed E-state index contributed by atoms with van der Waals surface area (Å²) in [5.41, 5.74) is 1.63. The highest BCUT2D eigenvalue weighted by Crippen LogP contribution is 2.29. The smallest absolute Gasteiger partial charge is 0.139 e. The highest BCUT2D eigenvalue weighted by atomic mass is 32.2. The van der Waals surface area contributed by atoms with Crippen LogP contribution < -0.4 is 0 Å². The number of thioether (sulfide) groups is 1. The summed E-state index contributed by atoms with van der Waals surface area (Å²) in [6.45, 7) is 6.04. The number of furan rings is 1. The maximum Gasteiger partial charge on any atom is 0.139 e. The Bertz CT molecular complexity index is 414. The molecular weight excluding hydrogens is 228 g/mol. The molecule has 0 unspecified atom stereocenters. The van der Waals surface area contributed by atoms with Gasteiger partial charge in [0, 0.05) is 10.7 Å². The predicted molar refractivity (Wildman–Crippen MR) is 76.1 cm³/mol. The Morgan fingerprint density at radius 1 is 1.41 bits per heavy atom. The van der Waals surface area contributed by atoms with Crippen molar-refractivity contribution in [3.8, 4) is 0 Å². The fraction of sp³-hybridized carbons (Fsp3) is 0.467. The molecule has 0 aromatic carbocycles. The van der Waals surface area contributed by atoms with Crippen LogP contribution in [0.25, 0.3) is 4.91 Å². The predicted octanol–water partition coefficient (Wildman–Crippen LogP) is 5.18. The van der Waals surface area contributed by atoms with E-state index in [2.05, 4.69) is 12.7 Å². The van der Waals surface area contributed by atoms with Gasteiger partial charge in [-0.15, -0.1) is 11.8 Å².